The highest BCUT2D eigenvalue weighted by molar-refractivity contribution is 5.97. The molecule has 0 aliphatic carbocycles. The molecule has 0 spiro atoms. The number of hydrogen-bond donors (Lipinski definition) is 2. The Bertz CT molecular complexity index is 728. The highest BCUT2D eigenvalue weighted by Gasteiger charge is 2.03. The van der Waals surface area contributed by atoms with Crippen LogP contribution in [0.25, 0.3) is 10.9 Å². The lowest BCUT2D eigenvalue weighted by Gasteiger charge is -2.11. The predicted octanol–water partition coefficient (Wildman–Crippen LogP) is 3.31. The van der Waals surface area contributed by atoms with Crippen molar-refractivity contribution >= 4 is 22.3 Å². The van der Waals surface area contributed by atoms with Gasteiger partial charge in [0.25, 0.3) is 0 Å². The molecule has 0 saturated carbocycles. The number of fused-ring (bicyclic) bond motifs is 1. The number of anilines is 2. The molecular formula is C17H17N3O. The first kappa shape index (κ1) is 13.2. The summed E-state index contributed by atoms with van der Waals surface area (Å²) in [6, 6.07) is 17.5. The third-order valence-electron chi connectivity index (χ3n) is 3.23. The molecule has 106 valence electrons. The Labute approximate surface area is 123 Å². The lowest BCUT2D eigenvalue weighted by atomic mass is 10.1. The molecule has 3 aromatic rings. The van der Waals surface area contributed by atoms with Gasteiger partial charge in [0.05, 0.1) is 11.2 Å². The van der Waals surface area contributed by atoms with Crippen molar-refractivity contribution in [2.45, 2.75) is 0 Å². The lowest BCUT2D eigenvalue weighted by molar-refractivity contribution is 0.333. The Morgan fingerprint density at radius 1 is 1.00 bits per heavy atom. The first-order valence-electron chi connectivity index (χ1n) is 6.89. The van der Waals surface area contributed by atoms with Crippen LogP contribution in [0.5, 0.6) is 5.75 Å². The molecule has 0 fully saturated rings. The standard InChI is InChI=1S/C17H17N3O/c18-15-8-4-7-14-16(9-10-20-17(14)15)19-11-12-21-13-5-2-1-3-6-13/h1-10H,11-12,18H2,(H,19,20). The van der Waals surface area contributed by atoms with Gasteiger partial charge in [-0.3, -0.25) is 4.98 Å². The Kier molecular flexibility index (Phi) is 3.87. The molecule has 0 atom stereocenters. The number of rotatable bonds is 5. The van der Waals surface area contributed by atoms with E-state index in [1.54, 1.807) is 6.20 Å². The minimum Gasteiger partial charge on any atom is -0.492 e. The Morgan fingerprint density at radius 3 is 2.71 bits per heavy atom. The van der Waals surface area contributed by atoms with Crippen molar-refractivity contribution in [3.8, 4) is 5.75 Å². The topological polar surface area (TPSA) is 60.2 Å². The van der Waals surface area contributed by atoms with Crippen LogP contribution in [-0.2, 0) is 0 Å². The maximum Gasteiger partial charge on any atom is 0.119 e. The van der Waals surface area contributed by atoms with E-state index in [1.807, 2.05) is 54.6 Å². The molecule has 3 N–H and O–H groups in total. The third-order valence-corrected chi connectivity index (χ3v) is 3.23. The minimum absolute atomic E-state index is 0.593. The van der Waals surface area contributed by atoms with Crippen molar-refractivity contribution in [3.63, 3.8) is 0 Å². The molecule has 4 nitrogen and oxygen atoms in total. The summed E-state index contributed by atoms with van der Waals surface area (Å²) >= 11 is 0. The second-order valence-corrected chi connectivity index (χ2v) is 4.69. The van der Waals surface area contributed by atoms with Gasteiger partial charge in [-0.25, -0.2) is 0 Å². The van der Waals surface area contributed by atoms with Gasteiger partial charge in [-0.05, 0) is 24.3 Å². The van der Waals surface area contributed by atoms with E-state index in [1.165, 1.54) is 0 Å². The van der Waals surface area contributed by atoms with Crippen molar-refractivity contribution in [3.05, 3.63) is 60.8 Å². The van der Waals surface area contributed by atoms with Crippen molar-refractivity contribution in [1.82, 2.24) is 4.98 Å². The second-order valence-electron chi connectivity index (χ2n) is 4.69. The number of nitrogens with one attached hydrogen (secondary N) is 1. The summed E-state index contributed by atoms with van der Waals surface area (Å²) in [5.74, 6) is 0.878. The second kappa shape index (κ2) is 6.13. The number of benzene rings is 2. The average molecular weight is 279 g/mol. The van der Waals surface area contributed by atoms with E-state index in [-0.39, 0.29) is 0 Å². The first-order chi connectivity index (χ1) is 10.3. The molecule has 21 heavy (non-hydrogen) atoms. The van der Waals surface area contributed by atoms with Crippen LogP contribution < -0.4 is 15.8 Å². The van der Waals surface area contributed by atoms with Gasteiger partial charge in [-0.2, -0.15) is 0 Å². The number of pyridine rings is 1. The van der Waals surface area contributed by atoms with E-state index >= 15 is 0 Å². The van der Waals surface area contributed by atoms with E-state index in [2.05, 4.69) is 10.3 Å². The van der Waals surface area contributed by atoms with Crippen LogP contribution in [-0.4, -0.2) is 18.1 Å². The quantitative estimate of drug-likeness (QED) is 0.555. The number of para-hydroxylation sites is 2. The fourth-order valence-electron chi connectivity index (χ4n) is 2.22. The molecule has 1 heterocycles. The minimum atomic E-state index is 0.593. The highest BCUT2D eigenvalue weighted by atomic mass is 16.5. The van der Waals surface area contributed by atoms with Gasteiger partial charge in [0, 0.05) is 23.8 Å². The number of nitrogen functional groups attached to an aromatic ring is 1. The van der Waals surface area contributed by atoms with E-state index in [0.717, 1.165) is 22.3 Å². The van der Waals surface area contributed by atoms with Crippen molar-refractivity contribution in [2.75, 3.05) is 24.2 Å². The summed E-state index contributed by atoms with van der Waals surface area (Å²) in [6.07, 6.45) is 1.76. The monoisotopic (exact) mass is 279 g/mol. The van der Waals surface area contributed by atoms with Gasteiger partial charge in [0.2, 0.25) is 0 Å². The first-order valence-corrected chi connectivity index (χ1v) is 6.89. The zero-order valence-corrected chi connectivity index (χ0v) is 11.6. The molecule has 1 aromatic heterocycles. The summed E-state index contributed by atoms with van der Waals surface area (Å²) in [7, 11) is 0. The molecule has 0 radical (unpaired) electrons. The van der Waals surface area contributed by atoms with E-state index < -0.39 is 0 Å². The third kappa shape index (κ3) is 3.05. The summed E-state index contributed by atoms with van der Waals surface area (Å²) in [5.41, 5.74) is 8.48. The van der Waals surface area contributed by atoms with E-state index in [4.69, 9.17) is 10.5 Å². The Balaban J connectivity index is 1.65. The number of aromatic nitrogens is 1. The molecule has 2 aromatic carbocycles. The largest absolute Gasteiger partial charge is 0.492 e. The average Bonchev–Trinajstić information content (AvgIpc) is 2.53. The van der Waals surface area contributed by atoms with Crippen LogP contribution >= 0.6 is 0 Å². The zero-order chi connectivity index (χ0) is 14.5. The van der Waals surface area contributed by atoms with Crippen LogP contribution in [0.2, 0.25) is 0 Å². The SMILES string of the molecule is Nc1cccc2c(NCCOc3ccccc3)ccnc12. The van der Waals surface area contributed by atoms with Crippen LogP contribution in [0, 0.1) is 0 Å². The molecular weight excluding hydrogens is 262 g/mol. The maximum absolute atomic E-state index is 5.94. The van der Waals surface area contributed by atoms with Crippen molar-refractivity contribution in [2.24, 2.45) is 0 Å². The summed E-state index contributed by atoms with van der Waals surface area (Å²) < 4.78 is 5.66. The zero-order valence-electron chi connectivity index (χ0n) is 11.6. The lowest BCUT2D eigenvalue weighted by Crippen LogP contribution is -2.11. The molecule has 4 heteroatoms. The fourth-order valence-corrected chi connectivity index (χ4v) is 2.22. The molecule has 3 rings (SSSR count). The summed E-state index contributed by atoms with van der Waals surface area (Å²) in [5, 5.41) is 4.39. The highest BCUT2D eigenvalue weighted by Crippen LogP contribution is 2.25. The number of nitrogens with zero attached hydrogens (tertiary/aromatic N) is 1. The van der Waals surface area contributed by atoms with Gasteiger partial charge >= 0.3 is 0 Å². The number of hydrogen-bond acceptors (Lipinski definition) is 4. The number of ether oxygens (including phenoxy) is 1. The van der Waals surface area contributed by atoms with Gasteiger partial charge in [-0.1, -0.05) is 30.3 Å². The van der Waals surface area contributed by atoms with Gasteiger partial charge in [0.1, 0.15) is 12.4 Å². The van der Waals surface area contributed by atoms with Gasteiger partial charge in [-0.15, -0.1) is 0 Å². The Hall–Kier alpha value is -2.75. The van der Waals surface area contributed by atoms with Crippen molar-refractivity contribution < 1.29 is 4.74 Å². The van der Waals surface area contributed by atoms with Crippen LogP contribution in [0.15, 0.2) is 60.8 Å². The molecule has 0 unspecified atom stereocenters. The predicted molar refractivity (Wildman–Crippen MR) is 86.6 cm³/mol. The Morgan fingerprint density at radius 2 is 1.86 bits per heavy atom. The molecule has 0 aliphatic heterocycles. The van der Waals surface area contributed by atoms with Crippen LogP contribution in [0.4, 0.5) is 11.4 Å². The molecule has 0 aliphatic rings. The van der Waals surface area contributed by atoms with E-state index in [9.17, 15) is 0 Å². The molecule has 0 bridgehead atoms. The summed E-state index contributed by atoms with van der Waals surface area (Å²) in [4.78, 5) is 4.32. The normalized spacial score (nSPS) is 10.5. The summed E-state index contributed by atoms with van der Waals surface area (Å²) in [6.45, 7) is 1.30. The maximum atomic E-state index is 5.94. The number of nitrogens with two attached hydrogens (primary N) is 1. The van der Waals surface area contributed by atoms with Crippen molar-refractivity contribution in [1.29, 1.82) is 0 Å². The van der Waals surface area contributed by atoms with Gasteiger partial charge in [0.15, 0.2) is 0 Å². The molecule has 0 amide bonds. The smallest absolute Gasteiger partial charge is 0.119 e. The molecule has 0 saturated heterocycles. The fraction of sp³-hybridized carbons (Fsp3) is 0.118. The van der Waals surface area contributed by atoms with Gasteiger partial charge < -0.3 is 15.8 Å². The van der Waals surface area contributed by atoms with Crippen LogP contribution in [0.3, 0.4) is 0 Å². The van der Waals surface area contributed by atoms with Crippen LogP contribution in [0.1, 0.15) is 0 Å². The van der Waals surface area contributed by atoms with E-state index in [0.29, 0.717) is 18.8 Å².